The van der Waals surface area contributed by atoms with E-state index in [1.807, 2.05) is 12.2 Å². The smallest absolute Gasteiger partial charge is 0.209 e. The maximum Gasteiger partial charge on any atom is 0.209 e. The van der Waals surface area contributed by atoms with Crippen molar-refractivity contribution >= 4 is 22.7 Å². The SMILES string of the molecule is C=CCOCc1cccc(COCC=C)c1C1=C(C=CC2=[N+](CCC)c3ccccc3C2(C)C)CCCC1=CC=C1N(CCC)c2ccccc2C1(C)C.[Cl-]. The topological polar surface area (TPSA) is 24.7 Å². The number of hydrogen-bond donors (Lipinski definition) is 0. The van der Waals surface area contributed by atoms with Crippen LogP contribution >= 0.6 is 0 Å². The molecule has 4 nitrogen and oxygen atoms in total. The number of nitrogens with zero attached hydrogens (tertiary/aromatic N) is 2. The number of fused-ring (bicyclic) bond motifs is 2. The van der Waals surface area contributed by atoms with Crippen molar-refractivity contribution in [2.75, 3.05) is 31.2 Å². The highest BCUT2D eigenvalue weighted by Gasteiger charge is 2.44. The van der Waals surface area contributed by atoms with Crippen LogP contribution in [-0.4, -0.2) is 36.6 Å². The van der Waals surface area contributed by atoms with Crippen molar-refractivity contribution in [2.24, 2.45) is 0 Å². The summed E-state index contributed by atoms with van der Waals surface area (Å²) in [5, 5.41) is 0. The maximum atomic E-state index is 6.18. The minimum Gasteiger partial charge on any atom is -1.00 e. The third kappa shape index (κ3) is 8.48. The first-order valence-electron chi connectivity index (χ1n) is 20.1. The molecule has 3 aliphatic rings. The van der Waals surface area contributed by atoms with Gasteiger partial charge in [0.2, 0.25) is 5.69 Å². The molecule has 0 spiro atoms. The van der Waals surface area contributed by atoms with E-state index in [4.69, 9.17) is 9.47 Å². The van der Waals surface area contributed by atoms with Crippen molar-refractivity contribution in [1.82, 2.24) is 0 Å². The van der Waals surface area contributed by atoms with E-state index in [1.165, 1.54) is 67.3 Å². The van der Waals surface area contributed by atoms with Gasteiger partial charge in [0.15, 0.2) is 5.71 Å². The molecule has 3 aromatic carbocycles. The van der Waals surface area contributed by atoms with Crippen molar-refractivity contribution < 1.29 is 26.5 Å². The average molecular weight is 758 g/mol. The fraction of sp³-hybridized carbons (Fsp3) is 0.380. The largest absolute Gasteiger partial charge is 1.00 e. The fourth-order valence-electron chi connectivity index (χ4n) is 8.87. The summed E-state index contributed by atoms with van der Waals surface area (Å²) in [6.45, 7) is 25.9. The van der Waals surface area contributed by atoms with Gasteiger partial charge in [-0.25, -0.2) is 0 Å². The Morgan fingerprint density at radius 2 is 1.40 bits per heavy atom. The second kappa shape index (κ2) is 18.6. The second-order valence-electron chi connectivity index (χ2n) is 15.9. The second-order valence-corrected chi connectivity index (χ2v) is 15.9. The van der Waals surface area contributed by atoms with Gasteiger partial charge >= 0.3 is 0 Å². The lowest BCUT2D eigenvalue weighted by molar-refractivity contribution is -0.437. The van der Waals surface area contributed by atoms with Crippen LogP contribution in [0, 0.1) is 0 Å². The highest BCUT2D eigenvalue weighted by Crippen LogP contribution is 2.48. The Balaban J connectivity index is 0.00000580. The molecular formula is C50H61ClN2O2. The van der Waals surface area contributed by atoms with E-state index < -0.39 is 0 Å². The lowest BCUT2D eigenvalue weighted by Crippen LogP contribution is -3.00. The van der Waals surface area contributed by atoms with Crippen LogP contribution in [0.4, 0.5) is 11.4 Å². The van der Waals surface area contributed by atoms with Gasteiger partial charge in [0.05, 0.1) is 31.8 Å². The zero-order chi connectivity index (χ0) is 38.3. The van der Waals surface area contributed by atoms with Gasteiger partial charge in [-0.3, -0.25) is 0 Å². The molecule has 0 atom stereocenters. The van der Waals surface area contributed by atoms with Crippen LogP contribution in [0.5, 0.6) is 0 Å². The quantitative estimate of drug-likeness (QED) is 0.0829. The summed E-state index contributed by atoms with van der Waals surface area (Å²) in [5.41, 5.74) is 15.6. The minimum atomic E-state index is -0.105. The Hall–Kier alpha value is -4.22. The summed E-state index contributed by atoms with van der Waals surface area (Å²) < 4.78 is 14.9. The summed E-state index contributed by atoms with van der Waals surface area (Å²) in [4.78, 5) is 2.55. The monoisotopic (exact) mass is 756 g/mol. The zero-order valence-electron chi connectivity index (χ0n) is 34.1. The van der Waals surface area contributed by atoms with Gasteiger partial charge in [0, 0.05) is 47.5 Å². The minimum absolute atomic E-state index is 0. The molecule has 6 rings (SSSR count). The number of rotatable bonds is 16. The van der Waals surface area contributed by atoms with Gasteiger partial charge in [0.1, 0.15) is 6.54 Å². The van der Waals surface area contributed by atoms with Crippen LogP contribution in [0.3, 0.4) is 0 Å². The van der Waals surface area contributed by atoms with E-state index in [-0.39, 0.29) is 23.2 Å². The molecule has 0 saturated carbocycles. The highest BCUT2D eigenvalue weighted by atomic mass is 35.5. The standard InChI is InChI=1S/C50H61N2O2.ClH/c1-9-31-51-43-25-15-13-23-41(43)49(5,6)45(51)29-27-37-19-17-20-38(28-30-46-50(7,8)42-24-14-16-26-44(42)52(46)32-10-2)47(37)48-39(35-53-33-11-3)21-18-22-40(48)36-54-34-12-4;/h11-16,18,21-30H,3-4,9-10,17,19-20,31-36H2,1-2,5-8H3;1H/q+1;/p-1. The van der Waals surface area contributed by atoms with Crippen LogP contribution in [0.25, 0.3) is 5.57 Å². The van der Waals surface area contributed by atoms with Crippen LogP contribution in [0.2, 0.25) is 0 Å². The zero-order valence-corrected chi connectivity index (χ0v) is 34.9. The Bertz CT molecular complexity index is 1990. The highest BCUT2D eigenvalue weighted by molar-refractivity contribution is 6.03. The number of anilines is 1. The van der Waals surface area contributed by atoms with E-state index in [1.54, 1.807) is 0 Å². The molecule has 0 saturated heterocycles. The van der Waals surface area contributed by atoms with Gasteiger partial charge in [-0.15, -0.1) is 13.2 Å². The van der Waals surface area contributed by atoms with Gasteiger partial charge in [-0.05, 0) is 90.6 Å². The molecule has 55 heavy (non-hydrogen) atoms. The lowest BCUT2D eigenvalue weighted by atomic mass is 9.78. The van der Waals surface area contributed by atoms with Gasteiger partial charge < -0.3 is 26.8 Å². The molecule has 0 amide bonds. The number of para-hydroxylation sites is 2. The Labute approximate surface area is 337 Å². The first-order chi connectivity index (χ1) is 26.2. The maximum absolute atomic E-state index is 6.18. The Kier molecular flexibility index (Phi) is 14.2. The first-order valence-corrected chi connectivity index (χ1v) is 20.1. The van der Waals surface area contributed by atoms with Crippen LogP contribution in [-0.2, 0) is 33.5 Å². The number of halogens is 1. The van der Waals surface area contributed by atoms with E-state index in [0.717, 1.165) is 45.2 Å². The first kappa shape index (κ1) is 41.9. The molecule has 5 heteroatoms. The Morgan fingerprint density at radius 1 is 0.745 bits per heavy atom. The fourth-order valence-corrected chi connectivity index (χ4v) is 8.87. The number of benzene rings is 3. The summed E-state index contributed by atoms with van der Waals surface area (Å²) >= 11 is 0. The average Bonchev–Trinajstić information content (AvgIpc) is 3.52. The molecule has 3 aromatic rings. The molecule has 2 heterocycles. The molecule has 0 fully saturated rings. The number of allylic oxidation sites excluding steroid dienone is 8. The molecular weight excluding hydrogens is 696 g/mol. The van der Waals surface area contributed by atoms with E-state index in [9.17, 15) is 0 Å². The van der Waals surface area contributed by atoms with Gasteiger partial charge in [0.25, 0.3) is 0 Å². The van der Waals surface area contributed by atoms with Gasteiger partial charge in [-0.2, -0.15) is 4.58 Å². The van der Waals surface area contributed by atoms with E-state index >= 15 is 0 Å². The lowest BCUT2D eigenvalue weighted by Gasteiger charge is -2.28. The van der Waals surface area contributed by atoms with Gasteiger partial charge in [-0.1, -0.05) is 107 Å². The van der Waals surface area contributed by atoms with Crippen LogP contribution in [0.15, 0.2) is 133 Å². The van der Waals surface area contributed by atoms with Crippen molar-refractivity contribution in [2.45, 2.75) is 97.7 Å². The Morgan fingerprint density at radius 3 is 2.05 bits per heavy atom. The third-order valence-electron chi connectivity index (χ3n) is 11.4. The predicted molar refractivity (Wildman–Crippen MR) is 229 cm³/mol. The van der Waals surface area contributed by atoms with Crippen molar-refractivity contribution in [3.63, 3.8) is 0 Å². The molecule has 290 valence electrons. The molecule has 1 aliphatic carbocycles. The third-order valence-corrected chi connectivity index (χ3v) is 11.4. The summed E-state index contributed by atoms with van der Waals surface area (Å²) in [5.74, 6) is 0. The molecule has 0 aromatic heterocycles. The van der Waals surface area contributed by atoms with Crippen LogP contribution in [0.1, 0.15) is 101 Å². The normalized spacial score (nSPS) is 18.6. The van der Waals surface area contributed by atoms with Crippen molar-refractivity contribution in [1.29, 1.82) is 0 Å². The number of hydrogen-bond acceptors (Lipinski definition) is 3. The van der Waals surface area contributed by atoms with E-state index in [0.29, 0.717) is 26.4 Å². The molecule has 0 unspecified atom stereocenters. The summed E-state index contributed by atoms with van der Waals surface area (Å²) in [7, 11) is 0. The van der Waals surface area contributed by atoms with E-state index in [2.05, 4.69) is 155 Å². The molecule has 0 N–H and O–H groups in total. The predicted octanol–water partition coefficient (Wildman–Crippen LogP) is 9.09. The molecule has 0 bridgehead atoms. The molecule has 0 radical (unpaired) electrons. The summed E-state index contributed by atoms with van der Waals surface area (Å²) in [6.07, 6.45) is 18.6. The van der Waals surface area contributed by atoms with Crippen LogP contribution < -0.4 is 17.3 Å². The summed E-state index contributed by atoms with van der Waals surface area (Å²) in [6, 6.07) is 24.5. The number of ether oxygens (including phenoxy) is 2. The van der Waals surface area contributed by atoms with Crippen molar-refractivity contribution in [3.05, 3.63) is 161 Å². The molecule has 2 aliphatic heterocycles. The van der Waals surface area contributed by atoms with Crippen molar-refractivity contribution in [3.8, 4) is 0 Å².